The summed E-state index contributed by atoms with van der Waals surface area (Å²) in [5.41, 5.74) is -0.0201. The zero-order valence-corrected chi connectivity index (χ0v) is 16.2. The maximum atomic E-state index is 13.4. The second-order valence-corrected chi connectivity index (χ2v) is 9.21. The van der Waals surface area contributed by atoms with Crippen LogP contribution >= 0.6 is 0 Å². The number of benzene rings is 1. The fraction of sp³-hybridized carbons (Fsp3) is 0.588. The van der Waals surface area contributed by atoms with Crippen molar-refractivity contribution in [3.8, 4) is 5.75 Å². The minimum atomic E-state index is -5.05. The van der Waals surface area contributed by atoms with E-state index in [1.165, 1.54) is 0 Å². The number of halogens is 4. The van der Waals surface area contributed by atoms with Gasteiger partial charge in [0.1, 0.15) is 0 Å². The van der Waals surface area contributed by atoms with E-state index in [9.17, 15) is 30.8 Å². The lowest BCUT2D eigenvalue weighted by molar-refractivity contribution is -0.275. The lowest BCUT2D eigenvalue weighted by Gasteiger charge is -2.28. The highest BCUT2D eigenvalue weighted by atomic mass is 32.2. The van der Waals surface area contributed by atoms with Crippen molar-refractivity contribution in [1.82, 2.24) is 4.72 Å². The Hall–Kier alpha value is -1.88. The Balaban J connectivity index is 1.94. The fourth-order valence-electron chi connectivity index (χ4n) is 2.87. The van der Waals surface area contributed by atoms with Crippen LogP contribution in [-0.2, 0) is 14.8 Å². The third kappa shape index (κ3) is 6.33. The van der Waals surface area contributed by atoms with E-state index in [0.717, 1.165) is 18.2 Å². The minimum Gasteiger partial charge on any atom is -0.403 e. The number of anilines is 1. The summed E-state index contributed by atoms with van der Waals surface area (Å²) in [6.45, 7) is 3.14. The summed E-state index contributed by atoms with van der Waals surface area (Å²) in [5.74, 6) is -3.07. The average Bonchev–Trinajstić information content (AvgIpc) is 2.56. The van der Waals surface area contributed by atoms with Crippen LogP contribution in [0, 0.1) is 11.7 Å². The van der Waals surface area contributed by atoms with E-state index >= 15 is 0 Å². The number of amides is 1. The van der Waals surface area contributed by atoms with Gasteiger partial charge < -0.3 is 10.1 Å². The Morgan fingerprint density at radius 3 is 2.32 bits per heavy atom. The number of hydrogen-bond acceptors (Lipinski definition) is 4. The maximum absolute atomic E-state index is 13.4. The van der Waals surface area contributed by atoms with Crippen molar-refractivity contribution >= 4 is 21.6 Å². The van der Waals surface area contributed by atoms with Crippen LogP contribution < -0.4 is 14.8 Å². The van der Waals surface area contributed by atoms with Crippen LogP contribution in [0.15, 0.2) is 18.2 Å². The third-order valence-corrected chi connectivity index (χ3v) is 6.38. The summed E-state index contributed by atoms with van der Waals surface area (Å²) in [7, 11) is -3.40. The summed E-state index contributed by atoms with van der Waals surface area (Å²) >= 11 is 0. The predicted octanol–water partition coefficient (Wildman–Crippen LogP) is 3.55. The van der Waals surface area contributed by atoms with Gasteiger partial charge in [-0.25, -0.2) is 17.5 Å². The number of carbonyl (C=O) groups excluding carboxylic acids is 1. The summed E-state index contributed by atoms with van der Waals surface area (Å²) in [6.07, 6.45) is -3.27. The molecule has 0 aliphatic heterocycles. The molecule has 2 rings (SSSR count). The quantitative estimate of drug-likeness (QED) is 0.682. The van der Waals surface area contributed by atoms with Gasteiger partial charge in [0.25, 0.3) is 0 Å². The third-order valence-electron chi connectivity index (χ3n) is 4.47. The van der Waals surface area contributed by atoms with Gasteiger partial charge in [-0.05, 0) is 51.7 Å². The number of ether oxygens (including phenoxy) is 1. The lowest BCUT2D eigenvalue weighted by Crippen LogP contribution is -2.42. The molecule has 1 aliphatic carbocycles. The summed E-state index contributed by atoms with van der Waals surface area (Å²) < 4.78 is 80.3. The molecule has 1 amide bonds. The molecule has 11 heteroatoms. The number of carbonyl (C=O) groups is 1. The SMILES string of the molecule is CC(C)S(=O)(=O)NC1CCC(C(=O)Nc2ccc(F)c(OC(F)(F)F)c2)CC1. The zero-order valence-electron chi connectivity index (χ0n) is 15.3. The predicted molar refractivity (Wildman–Crippen MR) is 94.7 cm³/mol. The maximum Gasteiger partial charge on any atom is 0.573 e. The van der Waals surface area contributed by atoms with Crippen molar-refractivity contribution < 1.29 is 35.5 Å². The molecular weight excluding hydrogens is 404 g/mol. The van der Waals surface area contributed by atoms with Crippen LogP contribution in [0.4, 0.5) is 23.2 Å². The molecule has 1 aromatic rings. The monoisotopic (exact) mass is 426 g/mol. The van der Waals surface area contributed by atoms with Crippen LogP contribution in [0.2, 0.25) is 0 Å². The molecule has 6 nitrogen and oxygen atoms in total. The highest BCUT2D eigenvalue weighted by molar-refractivity contribution is 7.90. The molecule has 28 heavy (non-hydrogen) atoms. The molecule has 0 radical (unpaired) electrons. The van der Waals surface area contributed by atoms with Crippen molar-refractivity contribution in [3.05, 3.63) is 24.0 Å². The van der Waals surface area contributed by atoms with Gasteiger partial charge in [-0.2, -0.15) is 0 Å². The standard InChI is InChI=1S/C17H22F4N2O4S/c1-10(2)28(25,26)23-12-5-3-11(4-6-12)16(24)22-13-7-8-14(18)15(9-13)27-17(19,20)21/h7-12,23H,3-6H2,1-2H3,(H,22,24). The Bertz CT molecular complexity index is 804. The highest BCUT2D eigenvalue weighted by Gasteiger charge is 2.33. The number of hydrogen-bond donors (Lipinski definition) is 2. The van der Waals surface area contributed by atoms with E-state index in [1.54, 1.807) is 13.8 Å². The van der Waals surface area contributed by atoms with Gasteiger partial charge in [-0.3, -0.25) is 4.79 Å². The molecule has 2 N–H and O–H groups in total. The molecule has 0 unspecified atom stereocenters. The Labute approximate surface area is 160 Å². The first-order valence-corrected chi connectivity index (χ1v) is 10.3. The number of nitrogens with one attached hydrogen (secondary N) is 2. The normalized spacial score (nSPS) is 20.8. The van der Waals surface area contributed by atoms with Crippen molar-refractivity contribution in [1.29, 1.82) is 0 Å². The molecule has 0 spiro atoms. The van der Waals surface area contributed by atoms with Crippen molar-refractivity contribution in [3.63, 3.8) is 0 Å². The first kappa shape index (κ1) is 22.4. The Morgan fingerprint density at radius 1 is 1.18 bits per heavy atom. The first-order valence-electron chi connectivity index (χ1n) is 8.74. The molecular formula is C17H22F4N2O4S. The lowest BCUT2D eigenvalue weighted by atomic mass is 9.86. The molecule has 158 valence electrons. The van der Waals surface area contributed by atoms with Gasteiger partial charge >= 0.3 is 6.36 Å². The minimum absolute atomic E-state index is 0.0201. The molecule has 0 bridgehead atoms. The second kappa shape index (κ2) is 8.64. The van der Waals surface area contributed by atoms with E-state index in [1.807, 2.05) is 0 Å². The summed E-state index contributed by atoms with van der Waals surface area (Å²) in [5, 5.41) is 1.90. The molecule has 1 fully saturated rings. The fourth-order valence-corrected chi connectivity index (χ4v) is 3.84. The van der Waals surface area contributed by atoms with Crippen molar-refractivity contribution in [2.45, 2.75) is 57.2 Å². The van der Waals surface area contributed by atoms with Gasteiger partial charge in [0.05, 0.1) is 5.25 Å². The van der Waals surface area contributed by atoms with Crippen LogP contribution in [0.1, 0.15) is 39.5 Å². The average molecular weight is 426 g/mol. The topological polar surface area (TPSA) is 84.5 Å². The number of sulfonamides is 1. The molecule has 0 saturated heterocycles. The number of rotatable bonds is 6. The van der Waals surface area contributed by atoms with Crippen LogP contribution in [0.3, 0.4) is 0 Å². The first-order chi connectivity index (χ1) is 12.9. The van der Waals surface area contributed by atoms with Crippen molar-refractivity contribution in [2.24, 2.45) is 5.92 Å². The zero-order chi connectivity index (χ0) is 21.1. The smallest absolute Gasteiger partial charge is 0.403 e. The van der Waals surface area contributed by atoms with Gasteiger partial charge in [0, 0.05) is 23.7 Å². The summed E-state index contributed by atoms with van der Waals surface area (Å²) in [4.78, 5) is 12.3. The molecule has 0 atom stereocenters. The highest BCUT2D eigenvalue weighted by Crippen LogP contribution is 2.30. The Kier molecular flexibility index (Phi) is 6.92. The largest absolute Gasteiger partial charge is 0.573 e. The van der Waals surface area contributed by atoms with Crippen LogP contribution in [-0.4, -0.2) is 32.0 Å². The number of alkyl halides is 3. The van der Waals surface area contributed by atoms with Crippen molar-refractivity contribution in [2.75, 3.05) is 5.32 Å². The molecule has 0 heterocycles. The van der Waals surface area contributed by atoms with Gasteiger partial charge in [0.2, 0.25) is 15.9 Å². The van der Waals surface area contributed by atoms with E-state index in [4.69, 9.17) is 0 Å². The van der Waals surface area contributed by atoms with Gasteiger partial charge in [0.15, 0.2) is 11.6 Å². The molecule has 0 aromatic heterocycles. The Morgan fingerprint density at radius 2 is 1.79 bits per heavy atom. The summed E-state index contributed by atoms with van der Waals surface area (Å²) in [6, 6.07) is 2.42. The van der Waals surface area contributed by atoms with Gasteiger partial charge in [-0.15, -0.1) is 13.2 Å². The van der Waals surface area contributed by atoms with E-state index in [2.05, 4.69) is 14.8 Å². The second-order valence-electron chi connectivity index (χ2n) is 6.94. The molecule has 1 saturated carbocycles. The van der Waals surface area contributed by atoms with Gasteiger partial charge in [-0.1, -0.05) is 0 Å². The van der Waals surface area contributed by atoms with E-state index in [0.29, 0.717) is 25.7 Å². The molecule has 1 aliphatic rings. The van der Waals surface area contributed by atoms with E-state index in [-0.39, 0.29) is 11.7 Å². The van der Waals surface area contributed by atoms with Crippen LogP contribution in [0.25, 0.3) is 0 Å². The van der Waals surface area contributed by atoms with E-state index < -0.39 is 45.0 Å². The molecule has 1 aromatic carbocycles. The van der Waals surface area contributed by atoms with Crippen LogP contribution in [0.5, 0.6) is 5.75 Å².